The van der Waals surface area contributed by atoms with E-state index in [1.165, 1.54) is 51.4 Å². The molecule has 76 valence electrons. The summed E-state index contributed by atoms with van der Waals surface area (Å²) in [6.45, 7) is 0.430. The maximum absolute atomic E-state index is 9.15. The summed E-state index contributed by atoms with van der Waals surface area (Å²) >= 11 is 0. The number of aliphatic hydroxyl groups excluding tert-OH is 1. The maximum atomic E-state index is 9.15. The largest absolute Gasteiger partial charge is 0.396 e. The molecule has 1 heteroatoms. The minimum atomic E-state index is 0.430. The van der Waals surface area contributed by atoms with Gasteiger partial charge in [-0.2, -0.15) is 0 Å². The first-order valence-corrected chi connectivity index (χ1v) is 6.01. The molecule has 0 bridgehead atoms. The average Bonchev–Trinajstić information content (AvgIpc) is 2.39. The highest BCUT2D eigenvalue weighted by molar-refractivity contribution is 4.80. The molecule has 2 aliphatic carbocycles. The summed E-state index contributed by atoms with van der Waals surface area (Å²) in [6.07, 6.45) is 11.3. The van der Waals surface area contributed by atoms with Crippen LogP contribution >= 0.6 is 0 Å². The van der Waals surface area contributed by atoms with Crippen molar-refractivity contribution in [3.63, 3.8) is 0 Å². The molecule has 1 N–H and O–H groups in total. The minimum Gasteiger partial charge on any atom is -0.396 e. The fraction of sp³-hybridized carbons (Fsp3) is 1.00. The SMILES string of the molecule is OCC1CCC2CCCCC2CC1. The van der Waals surface area contributed by atoms with Crippen molar-refractivity contribution in [2.45, 2.75) is 51.4 Å². The zero-order valence-corrected chi connectivity index (χ0v) is 8.54. The summed E-state index contributed by atoms with van der Waals surface area (Å²) in [5, 5.41) is 9.15. The van der Waals surface area contributed by atoms with E-state index in [0.29, 0.717) is 12.5 Å². The van der Waals surface area contributed by atoms with Gasteiger partial charge in [-0.3, -0.25) is 0 Å². The Kier molecular flexibility index (Phi) is 3.26. The molecule has 0 saturated heterocycles. The number of rotatable bonds is 1. The first kappa shape index (κ1) is 9.51. The lowest BCUT2D eigenvalue weighted by Crippen LogP contribution is -2.17. The normalized spacial score (nSPS) is 40.8. The van der Waals surface area contributed by atoms with Crippen molar-refractivity contribution >= 4 is 0 Å². The van der Waals surface area contributed by atoms with E-state index in [4.69, 9.17) is 5.11 Å². The van der Waals surface area contributed by atoms with Crippen molar-refractivity contribution in [1.29, 1.82) is 0 Å². The summed E-state index contributed by atoms with van der Waals surface area (Å²) in [7, 11) is 0. The first-order valence-electron chi connectivity index (χ1n) is 6.01. The Bertz CT molecular complexity index is 139. The molecule has 0 aliphatic heterocycles. The van der Waals surface area contributed by atoms with Gasteiger partial charge in [-0.1, -0.05) is 25.7 Å². The van der Waals surface area contributed by atoms with Gasteiger partial charge in [0.15, 0.2) is 0 Å². The van der Waals surface area contributed by atoms with Gasteiger partial charge >= 0.3 is 0 Å². The highest BCUT2D eigenvalue weighted by Crippen LogP contribution is 2.40. The van der Waals surface area contributed by atoms with Crippen LogP contribution in [-0.4, -0.2) is 11.7 Å². The molecule has 0 aromatic carbocycles. The number of aliphatic hydroxyl groups is 1. The molecular weight excluding hydrogens is 160 g/mol. The van der Waals surface area contributed by atoms with Crippen molar-refractivity contribution in [2.75, 3.05) is 6.61 Å². The molecule has 2 fully saturated rings. The van der Waals surface area contributed by atoms with Crippen LogP contribution in [0.25, 0.3) is 0 Å². The average molecular weight is 182 g/mol. The van der Waals surface area contributed by atoms with Gasteiger partial charge in [0.05, 0.1) is 0 Å². The predicted octanol–water partition coefficient (Wildman–Crippen LogP) is 2.98. The minimum absolute atomic E-state index is 0.430. The van der Waals surface area contributed by atoms with Crippen molar-refractivity contribution in [2.24, 2.45) is 17.8 Å². The van der Waals surface area contributed by atoms with E-state index in [0.717, 1.165) is 11.8 Å². The topological polar surface area (TPSA) is 20.2 Å². The summed E-state index contributed by atoms with van der Waals surface area (Å²) in [6, 6.07) is 0. The molecule has 0 spiro atoms. The Balaban J connectivity index is 1.91. The molecule has 0 radical (unpaired) electrons. The van der Waals surface area contributed by atoms with E-state index in [9.17, 15) is 0 Å². The van der Waals surface area contributed by atoms with Gasteiger partial charge in [-0.15, -0.1) is 0 Å². The van der Waals surface area contributed by atoms with Gasteiger partial charge in [0.25, 0.3) is 0 Å². The third-order valence-corrected chi connectivity index (χ3v) is 4.22. The number of fused-ring (bicyclic) bond motifs is 1. The van der Waals surface area contributed by atoms with Crippen molar-refractivity contribution in [3.05, 3.63) is 0 Å². The van der Waals surface area contributed by atoms with E-state index in [1.807, 2.05) is 0 Å². The van der Waals surface area contributed by atoms with Gasteiger partial charge in [0.2, 0.25) is 0 Å². The lowest BCUT2D eigenvalue weighted by molar-refractivity contribution is 0.211. The van der Waals surface area contributed by atoms with Gasteiger partial charge < -0.3 is 5.11 Å². The molecule has 13 heavy (non-hydrogen) atoms. The number of hydrogen-bond acceptors (Lipinski definition) is 1. The highest BCUT2D eigenvalue weighted by Gasteiger charge is 2.28. The Morgan fingerprint density at radius 2 is 1.31 bits per heavy atom. The zero-order chi connectivity index (χ0) is 9.10. The van der Waals surface area contributed by atoms with Crippen LogP contribution in [0.5, 0.6) is 0 Å². The standard InChI is InChI=1S/C12H22O/c13-9-10-5-7-11-3-1-2-4-12(11)8-6-10/h10-13H,1-9H2. The molecule has 2 unspecified atom stereocenters. The van der Waals surface area contributed by atoms with Crippen molar-refractivity contribution < 1.29 is 5.11 Å². The lowest BCUT2D eigenvalue weighted by Gasteiger charge is -2.29. The summed E-state index contributed by atoms with van der Waals surface area (Å²) in [4.78, 5) is 0. The third-order valence-electron chi connectivity index (χ3n) is 4.22. The highest BCUT2D eigenvalue weighted by atomic mass is 16.3. The van der Waals surface area contributed by atoms with Crippen LogP contribution in [0.4, 0.5) is 0 Å². The van der Waals surface area contributed by atoms with Gasteiger partial charge in [-0.25, -0.2) is 0 Å². The van der Waals surface area contributed by atoms with Crippen LogP contribution in [0.15, 0.2) is 0 Å². The fourth-order valence-corrected chi connectivity index (χ4v) is 3.27. The fourth-order valence-electron chi connectivity index (χ4n) is 3.27. The van der Waals surface area contributed by atoms with E-state index in [2.05, 4.69) is 0 Å². The molecule has 1 nitrogen and oxygen atoms in total. The Morgan fingerprint density at radius 3 is 1.77 bits per heavy atom. The van der Waals surface area contributed by atoms with Crippen LogP contribution < -0.4 is 0 Å². The molecule has 2 rings (SSSR count). The smallest absolute Gasteiger partial charge is 0.0459 e. The van der Waals surface area contributed by atoms with E-state index in [1.54, 1.807) is 0 Å². The zero-order valence-electron chi connectivity index (χ0n) is 8.54. The molecule has 2 atom stereocenters. The number of hydrogen-bond donors (Lipinski definition) is 1. The van der Waals surface area contributed by atoms with Crippen molar-refractivity contribution in [1.82, 2.24) is 0 Å². The maximum Gasteiger partial charge on any atom is 0.0459 e. The Morgan fingerprint density at radius 1 is 0.769 bits per heavy atom. The third kappa shape index (κ3) is 2.25. The van der Waals surface area contributed by atoms with Crippen LogP contribution in [0.1, 0.15) is 51.4 Å². The summed E-state index contributed by atoms with van der Waals surface area (Å²) in [5.41, 5.74) is 0. The molecule has 0 aromatic rings. The van der Waals surface area contributed by atoms with E-state index < -0.39 is 0 Å². The molecule has 0 heterocycles. The van der Waals surface area contributed by atoms with Crippen LogP contribution in [0.2, 0.25) is 0 Å². The van der Waals surface area contributed by atoms with E-state index >= 15 is 0 Å². The summed E-state index contributed by atoms with van der Waals surface area (Å²) < 4.78 is 0. The first-order chi connectivity index (χ1) is 6.40. The van der Waals surface area contributed by atoms with E-state index in [-0.39, 0.29) is 0 Å². The van der Waals surface area contributed by atoms with Gasteiger partial charge in [0.1, 0.15) is 0 Å². The molecule has 2 aliphatic rings. The molecule has 0 aromatic heterocycles. The Hall–Kier alpha value is -0.0400. The molecule has 2 saturated carbocycles. The van der Waals surface area contributed by atoms with Crippen LogP contribution in [0, 0.1) is 17.8 Å². The lowest BCUT2D eigenvalue weighted by atomic mass is 9.77. The monoisotopic (exact) mass is 182 g/mol. The Labute approximate surface area is 81.5 Å². The van der Waals surface area contributed by atoms with Gasteiger partial charge in [-0.05, 0) is 43.4 Å². The van der Waals surface area contributed by atoms with Crippen molar-refractivity contribution in [3.8, 4) is 0 Å². The van der Waals surface area contributed by atoms with Gasteiger partial charge in [0, 0.05) is 6.61 Å². The second kappa shape index (κ2) is 4.45. The second-order valence-corrected chi connectivity index (χ2v) is 5.01. The van der Waals surface area contributed by atoms with Crippen LogP contribution in [-0.2, 0) is 0 Å². The summed E-state index contributed by atoms with van der Waals surface area (Å²) in [5.74, 6) is 2.67. The predicted molar refractivity (Wildman–Crippen MR) is 54.5 cm³/mol. The molecule has 0 amide bonds. The van der Waals surface area contributed by atoms with Crippen LogP contribution in [0.3, 0.4) is 0 Å². The molecular formula is C12H22O. The quantitative estimate of drug-likeness (QED) is 0.661. The second-order valence-electron chi connectivity index (χ2n) is 5.01.